The molecule has 1 N–H and O–H groups in total. The number of para-hydroxylation sites is 1. The summed E-state index contributed by atoms with van der Waals surface area (Å²) in [6.07, 6.45) is 1.17. The van der Waals surface area contributed by atoms with Crippen molar-refractivity contribution in [3.63, 3.8) is 0 Å². The summed E-state index contributed by atoms with van der Waals surface area (Å²) >= 11 is 1.59. The molecule has 0 unspecified atom stereocenters. The summed E-state index contributed by atoms with van der Waals surface area (Å²) in [4.78, 5) is 16.0. The molecule has 4 nitrogen and oxygen atoms in total. The van der Waals surface area contributed by atoms with Crippen LogP contribution >= 0.6 is 11.3 Å². The number of aryl methyl sites for hydroxylation is 2. The third-order valence-electron chi connectivity index (χ3n) is 3.03. The number of carbonyl (C=O) groups excluding carboxylic acids is 1. The topological polar surface area (TPSA) is 51.2 Å². The Morgan fingerprint density at radius 2 is 2.14 bits per heavy atom. The van der Waals surface area contributed by atoms with Gasteiger partial charge in [-0.05, 0) is 31.9 Å². The number of hydrogen-bond acceptors (Lipinski definition) is 4. The van der Waals surface area contributed by atoms with Crippen LogP contribution in [0, 0.1) is 13.8 Å². The highest BCUT2D eigenvalue weighted by Crippen LogP contribution is 2.16. The second-order valence-electron chi connectivity index (χ2n) is 4.85. The second-order valence-corrected chi connectivity index (χ2v) is 5.91. The van der Waals surface area contributed by atoms with Crippen molar-refractivity contribution in [2.75, 3.05) is 6.61 Å². The summed E-state index contributed by atoms with van der Waals surface area (Å²) in [6, 6.07) is 7.89. The zero-order valence-corrected chi connectivity index (χ0v) is 13.2. The van der Waals surface area contributed by atoms with Gasteiger partial charge in [-0.1, -0.05) is 18.2 Å². The lowest BCUT2D eigenvalue weighted by atomic mass is 10.2. The molecular weight excluding hydrogens is 284 g/mol. The Hall–Kier alpha value is -1.88. The maximum Gasteiger partial charge on any atom is 0.220 e. The van der Waals surface area contributed by atoms with Crippen LogP contribution < -0.4 is 10.1 Å². The second kappa shape index (κ2) is 7.78. The minimum Gasteiger partial charge on any atom is -0.493 e. The molecule has 0 fully saturated rings. The SMILES string of the molecule is Cc1nc(CNC(=O)CCCOc2ccccc2C)cs1. The highest BCUT2D eigenvalue weighted by molar-refractivity contribution is 7.09. The Bertz CT molecular complexity index is 595. The molecule has 0 aliphatic carbocycles. The largest absolute Gasteiger partial charge is 0.493 e. The molecule has 0 spiro atoms. The Morgan fingerprint density at radius 1 is 1.33 bits per heavy atom. The summed E-state index contributed by atoms with van der Waals surface area (Å²) < 4.78 is 5.66. The predicted molar refractivity (Wildman–Crippen MR) is 84.6 cm³/mol. The van der Waals surface area contributed by atoms with Crippen molar-refractivity contribution >= 4 is 17.2 Å². The first-order valence-electron chi connectivity index (χ1n) is 7.01. The van der Waals surface area contributed by atoms with E-state index < -0.39 is 0 Å². The predicted octanol–water partition coefficient (Wildman–Crippen LogP) is 3.24. The lowest BCUT2D eigenvalue weighted by Crippen LogP contribution is -2.23. The number of ether oxygens (including phenoxy) is 1. The molecule has 0 saturated heterocycles. The van der Waals surface area contributed by atoms with Gasteiger partial charge in [0, 0.05) is 11.8 Å². The van der Waals surface area contributed by atoms with Crippen LogP contribution in [0.25, 0.3) is 0 Å². The number of thiazole rings is 1. The first-order valence-corrected chi connectivity index (χ1v) is 7.89. The molecule has 1 aromatic carbocycles. The van der Waals surface area contributed by atoms with Crippen molar-refractivity contribution in [3.8, 4) is 5.75 Å². The maximum absolute atomic E-state index is 11.7. The van der Waals surface area contributed by atoms with Gasteiger partial charge in [-0.3, -0.25) is 4.79 Å². The number of amides is 1. The fourth-order valence-electron chi connectivity index (χ4n) is 1.90. The number of hydrogen-bond donors (Lipinski definition) is 1. The Labute approximate surface area is 129 Å². The van der Waals surface area contributed by atoms with Crippen LogP contribution in [0.1, 0.15) is 29.1 Å². The van der Waals surface area contributed by atoms with Crippen LogP contribution in [0.2, 0.25) is 0 Å². The summed E-state index contributed by atoms with van der Waals surface area (Å²) in [7, 11) is 0. The van der Waals surface area contributed by atoms with Crippen molar-refractivity contribution < 1.29 is 9.53 Å². The third kappa shape index (κ3) is 5.19. The molecule has 0 aliphatic rings. The molecule has 1 heterocycles. The number of aromatic nitrogens is 1. The van der Waals surface area contributed by atoms with E-state index in [0.29, 0.717) is 26.0 Å². The van der Waals surface area contributed by atoms with Crippen molar-refractivity contribution in [3.05, 3.63) is 45.9 Å². The number of rotatable bonds is 7. The monoisotopic (exact) mass is 304 g/mol. The van der Waals surface area contributed by atoms with E-state index in [1.165, 1.54) is 0 Å². The molecule has 1 amide bonds. The molecule has 0 aliphatic heterocycles. The summed E-state index contributed by atoms with van der Waals surface area (Å²) in [5.41, 5.74) is 2.03. The van der Waals surface area contributed by atoms with Crippen molar-refractivity contribution in [1.82, 2.24) is 10.3 Å². The molecule has 0 saturated carbocycles. The minimum absolute atomic E-state index is 0.0361. The van der Waals surface area contributed by atoms with E-state index in [1.54, 1.807) is 11.3 Å². The fraction of sp³-hybridized carbons (Fsp3) is 0.375. The van der Waals surface area contributed by atoms with Crippen LogP contribution in [0.5, 0.6) is 5.75 Å². The zero-order valence-electron chi connectivity index (χ0n) is 12.4. The van der Waals surface area contributed by atoms with E-state index in [-0.39, 0.29) is 5.91 Å². The molecule has 112 valence electrons. The normalized spacial score (nSPS) is 10.4. The van der Waals surface area contributed by atoms with E-state index in [0.717, 1.165) is 22.0 Å². The fourth-order valence-corrected chi connectivity index (χ4v) is 2.51. The smallest absolute Gasteiger partial charge is 0.220 e. The van der Waals surface area contributed by atoms with Crippen LogP contribution in [-0.4, -0.2) is 17.5 Å². The highest BCUT2D eigenvalue weighted by atomic mass is 32.1. The molecule has 2 rings (SSSR count). The molecular formula is C16H20N2O2S. The van der Waals surface area contributed by atoms with Gasteiger partial charge < -0.3 is 10.1 Å². The van der Waals surface area contributed by atoms with Gasteiger partial charge in [-0.25, -0.2) is 4.98 Å². The van der Waals surface area contributed by atoms with Gasteiger partial charge in [0.05, 0.1) is 23.9 Å². The Balaban J connectivity index is 1.62. The third-order valence-corrected chi connectivity index (χ3v) is 3.85. The van der Waals surface area contributed by atoms with E-state index >= 15 is 0 Å². The van der Waals surface area contributed by atoms with Gasteiger partial charge in [0.25, 0.3) is 0 Å². The first-order chi connectivity index (χ1) is 10.1. The van der Waals surface area contributed by atoms with Crippen molar-refractivity contribution in [2.24, 2.45) is 0 Å². The zero-order chi connectivity index (χ0) is 15.1. The van der Waals surface area contributed by atoms with Crippen molar-refractivity contribution in [1.29, 1.82) is 0 Å². The average Bonchev–Trinajstić information content (AvgIpc) is 2.89. The summed E-state index contributed by atoms with van der Waals surface area (Å²) in [6.45, 7) is 5.02. The van der Waals surface area contributed by atoms with E-state index in [4.69, 9.17) is 4.74 Å². The quantitative estimate of drug-likeness (QED) is 0.799. The molecule has 0 radical (unpaired) electrons. The molecule has 2 aromatic rings. The van der Waals surface area contributed by atoms with E-state index in [9.17, 15) is 4.79 Å². The van der Waals surface area contributed by atoms with Gasteiger partial charge in [0.1, 0.15) is 5.75 Å². The average molecular weight is 304 g/mol. The number of carbonyl (C=O) groups is 1. The van der Waals surface area contributed by atoms with Crippen LogP contribution in [0.3, 0.4) is 0 Å². The molecule has 5 heteroatoms. The van der Waals surface area contributed by atoms with Crippen molar-refractivity contribution in [2.45, 2.75) is 33.2 Å². The highest BCUT2D eigenvalue weighted by Gasteiger charge is 2.04. The van der Waals surface area contributed by atoms with Gasteiger partial charge in [0.2, 0.25) is 5.91 Å². The van der Waals surface area contributed by atoms with E-state index in [1.807, 2.05) is 43.5 Å². The molecule has 0 atom stereocenters. The van der Waals surface area contributed by atoms with E-state index in [2.05, 4.69) is 10.3 Å². The lowest BCUT2D eigenvalue weighted by Gasteiger charge is -2.08. The van der Waals surface area contributed by atoms with Gasteiger partial charge >= 0.3 is 0 Å². The summed E-state index contributed by atoms with van der Waals surface area (Å²) in [5.74, 6) is 0.921. The minimum atomic E-state index is 0.0361. The van der Waals surface area contributed by atoms with Crippen LogP contribution in [0.15, 0.2) is 29.6 Å². The molecule has 0 bridgehead atoms. The van der Waals surface area contributed by atoms with Crippen LogP contribution in [-0.2, 0) is 11.3 Å². The Morgan fingerprint density at radius 3 is 2.86 bits per heavy atom. The molecule has 21 heavy (non-hydrogen) atoms. The molecule has 1 aromatic heterocycles. The maximum atomic E-state index is 11.7. The lowest BCUT2D eigenvalue weighted by molar-refractivity contribution is -0.121. The van der Waals surface area contributed by atoms with Crippen LogP contribution in [0.4, 0.5) is 0 Å². The first kappa shape index (κ1) is 15.5. The standard InChI is InChI=1S/C16H20N2O2S/c1-12-6-3-4-7-15(12)20-9-5-8-16(19)17-10-14-11-21-13(2)18-14/h3-4,6-7,11H,5,8-10H2,1-2H3,(H,17,19). The Kier molecular flexibility index (Phi) is 5.75. The van der Waals surface area contributed by atoms with Gasteiger partial charge in [-0.2, -0.15) is 0 Å². The van der Waals surface area contributed by atoms with Gasteiger partial charge in [0.15, 0.2) is 0 Å². The van der Waals surface area contributed by atoms with Gasteiger partial charge in [-0.15, -0.1) is 11.3 Å². The number of benzene rings is 1. The summed E-state index contributed by atoms with van der Waals surface area (Å²) in [5, 5.41) is 5.86. The number of nitrogens with one attached hydrogen (secondary N) is 1. The number of nitrogens with zero attached hydrogens (tertiary/aromatic N) is 1.